The number of nitrogens with one attached hydrogen (secondary N) is 1. The molecule has 1 aromatic carbocycles. The number of benzene rings is 1. The van der Waals surface area contributed by atoms with Gasteiger partial charge in [0.1, 0.15) is 10.7 Å². The van der Waals surface area contributed by atoms with Gasteiger partial charge >= 0.3 is 0 Å². The molecule has 3 rings (SSSR count). The smallest absolute Gasteiger partial charge is 0.276 e. The van der Waals surface area contributed by atoms with Crippen LogP contribution in [0.2, 0.25) is 10.0 Å². The second kappa shape index (κ2) is 5.05. The first kappa shape index (κ1) is 13.4. The predicted octanol–water partition coefficient (Wildman–Crippen LogP) is 3.66. The molecule has 0 fully saturated rings. The van der Waals surface area contributed by atoms with Crippen molar-refractivity contribution >= 4 is 51.1 Å². The molecule has 1 N–H and O–H groups in total. The van der Waals surface area contributed by atoms with Crippen LogP contribution in [0.1, 0.15) is 15.5 Å². The Hall–Kier alpha value is -1.63. The van der Waals surface area contributed by atoms with E-state index in [-0.39, 0.29) is 11.6 Å². The third-order valence-electron chi connectivity index (χ3n) is 2.56. The quantitative estimate of drug-likeness (QED) is 0.781. The maximum absolute atomic E-state index is 12.1. The zero-order valence-corrected chi connectivity index (χ0v) is 12.6. The van der Waals surface area contributed by atoms with Crippen LogP contribution in [-0.2, 0) is 0 Å². The second-order valence-electron chi connectivity index (χ2n) is 4.05. The topological polar surface area (TPSA) is 59.3 Å². The predicted molar refractivity (Wildman–Crippen MR) is 80.0 cm³/mol. The number of imidazole rings is 1. The van der Waals surface area contributed by atoms with E-state index < -0.39 is 0 Å². The van der Waals surface area contributed by atoms with Crippen molar-refractivity contribution < 1.29 is 4.79 Å². The van der Waals surface area contributed by atoms with E-state index in [2.05, 4.69) is 15.4 Å². The number of fused-ring (bicyclic) bond motifs is 1. The lowest BCUT2D eigenvalue weighted by molar-refractivity contribution is 0.102. The van der Waals surface area contributed by atoms with Gasteiger partial charge in [-0.05, 0) is 25.1 Å². The van der Waals surface area contributed by atoms with Crippen LogP contribution in [-0.4, -0.2) is 20.5 Å². The van der Waals surface area contributed by atoms with Gasteiger partial charge in [0.05, 0.1) is 16.9 Å². The van der Waals surface area contributed by atoms with Crippen molar-refractivity contribution in [2.45, 2.75) is 6.92 Å². The number of anilines is 1. The van der Waals surface area contributed by atoms with Gasteiger partial charge < -0.3 is 5.32 Å². The summed E-state index contributed by atoms with van der Waals surface area (Å²) in [6.07, 6.45) is 1.58. The summed E-state index contributed by atoms with van der Waals surface area (Å²) in [5, 5.41) is 8.67. The summed E-state index contributed by atoms with van der Waals surface area (Å²) < 4.78 is 1.58. The van der Waals surface area contributed by atoms with Crippen molar-refractivity contribution in [2.24, 2.45) is 0 Å². The first-order valence-corrected chi connectivity index (χ1v) is 7.19. The number of hydrogen-bond donors (Lipinski definition) is 1. The lowest BCUT2D eigenvalue weighted by Crippen LogP contribution is -2.12. The van der Waals surface area contributed by atoms with Crippen LogP contribution in [0.25, 0.3) is 4.96 Å². The zero-order valence-electron chi connectivity index (χ0n) is 10.2. The molecular formula is C12H8Cl2N4OS. The van der Waals surface area contributed by atoms with E-state index in [0.29, 0.717) is 20.7 Å². The fourth-order valence-electron chi connectivity index (χ4n) is 1.69. The van der Waals surface area contributed by atoms with Crippen molar-refractivity contribution in [3.63, 3.8) is 0 Å². The number of halogens is 2. The van der Waals surface area contributed by atoms with Crippen molar-refractivity contribution in [2.75, 3.05) is 5.32 Å². The van der Waals surface area contributed by atoms with E-state index in [1.165, 1.54) is 11.3 Å². The molecule has 0 unspecified atom stereocenters. The molecule has 2 aromatic heterocycles. The molecule has 0 aliphatic carbocycles. The molecule has 102 valence electrons. The summed E-state index contributed by atoms with van der Waals surface area (Å²) in [6, 6.07) is 4.86. The molecule has 0 spiro atoms. The Balaban J connectivity index is 1.86. The summed E-state index contributed by atoms with van der Waals surface area (Å²) in [5.74, 6) is -0.343. The molecular weight excluding hydrogens is 319 g/mol. The Morgan fingerprint density at radius 2 is 2.20 bits per heavy atom. The maximum atomic E-state index is 12.1. The van der Waals surface area contributed by atoms with Crippen LogP contribution >= 0.6 is 34.5 Å². The highest BCUT2D eigenvalue weighted by molar-refractivity contribution is 7.16. The van der Waals surface area contributed by atoms with Gasteiger partial charge in [0.25, 0.3) is 5.91 Å². The zero-order chi connectivity index (χ0) is 14.3. The van der Waals surface area contributed by atoms with Gasteiger partial charge in [-0.25, -0.2) is 9.50 Å². The molecule has 0 atom stereocenters. The Morgan fingerprint density at radius 1 is 1.40 bits per heavy atom. The van der Waals surface area contributed by atoms with Gasteiger partial charge in [-0.15, -0.1) is 0 Å². The molecule has 8 heteroatoms. The van der Waals surface area contributed by atoms with Gasteiger partial charge in [-0.3, -0.25) is 4.79 Å². The van der Waals surface area contributed by atoms with Gasteiger partial charge in [-0.1, -0.05) is 34.5 Å². The third-order valence-corrected chi connectivity index (χ3v) is 3.94. The Bertz CT molecular complexity index is 780. The number of amides is 1. The number of hydrogen-bond acceptors (Lipinski definition) is 4. The minimum absolute atomic E-state index is 0.287. The first-order valence-electron chi connectivity index (χ1n) is 5.62. The highest BCUT2D eigenvalue weighted by Crippen LogP contribution is 2.25. The molecule has 3 aromatic rings. The first-order chi connectivity index (χ1) is 9.52. The summed E-state index contributed by atoms with van der Waals surface area (Å²) in [4.78, 5) is 17.0. The van der Waals surface area contributed by atoms with Crippen molar-refractivity contribution in [3.8, 4) is 0 Å². The molecule has 1 amide bonds. The Kier molecular flexibility index (Phi) is 3.37. The van der Waals surface area contributed by atoms with E-state index in [9.17, 15) is 4.79 Å². The van der Waals surface area contributed by atoms with Crippen LogP contribution < -0.4 is 5.32 Å². The molecule has 5 nitrogen and oxygen atoms in total. The van der Waals surface area contributed by atoms with E-state index in [4.69, 9.17) is 23.2 Å². The number of nitrogens with zero attached hydrogens (tertiary/aromatic N) is 3. The largest absolute Gasteiger partial charge is 0.319 e. The summed E-state index contributed by atoms with van der Waals surface area (Å²) in [5.41, 5.74) is 0.774. The molecule has 0 bridgehead atoms. The summed E-state index contributed by atoms with van der Waals surface area (Å²) >= 11 is 13.2. The van der Waals surface area contributed by atoms with Gasteiger partial charge in [-0.2, -0.15) is 5.10 Å². The minimum atomic E-state index is -0.343. The van der Waals surface area contributed by atoms with Gasteiger partial charge in [0.15, 0.2) is 0 Å². The van der Waals surface area contributed by atoms with Gasteiger partial charge in [0, 0.05) is 5.02 Å². The van der Waals surface area contributed by atoms with E-state index in [1.54, 1.807) is 28.9 Å². The number of carbonyl (C=O) groups excluding carboxylic acids is 1. The van der Waals surface area contributed by atoms with E-state index in [1.807, 2.05) is 6.92 Å². The van der Waals surface area contributed by atoms with Crippen molar-refractivity contribution in [3.05, 3.63) is 45.1 Å². The molecule has 0 saturated carbocycles. The maximum Gasteiger partial charge on any atom is 0.276 e. The number of aryl methyl sites for hydroxylation is 1. The standard InChI is InChI=1S/C12H8Cl2N4OS/c1-6-17-18-5-10(16-12(18)20-6)11(19)15-9-3-2-7(13)4-8(9)14/h2-5H,1H3,(H,15,19). The van der Waals surface area contributed by atoms with Crippen molar-refractivity contribution in [1.82, 2.24) is 14.6 Å². The van der Waals surface area contributed by atoms with Crippen LogP contribution in [0.3, 0.4) is 0 Å². The van der Waals surface area contributed by atoms with Crippen LogP contribution in [0, 0.1) is 6.92 Å². The fourth-order valence-corrected chi connectivity index (χ4v) is 2.87. The molecule has 0 radical (unpaired) electrons. The Labute approximate surface area is 128 Å². The fraction of sp³-hybridized carbons (Fsp3) is 0.0833. The Morgan fingerprint density at radius 3 is 2.90 bits per heavy atom. The SMILES string of the molecule is Cc1nn2cc(C(=O)Nc3ccc(Cl)cc3Cl)nc2s1. The molecule has 0 saturated heterocycles. The monoisotopic (exact) mass is 326 g/mol. The summed E-state index contributed by atoms with van der Waals surface area (Å²) in [6.45, 7) is 1.88. The number of aromatic nitrogens is 3. The molecule has 20 heavy (non-hydrogen) atoms. The van der Waals surface area contributed by atoms with Gasteiger partial charge in [0.2, 0.25) is 4.96 Å². The second-order valence-corrected chi connectivity index (χ2v) is 6.06. The lowest BCUT2D eigenvalue weighted by Gasteiger charge is -2.05. The van der Waals surface area contributed by atoms with E-state index in [0.717, 1.165) is 5.01 Å². The number of rotatable bonds is 2. The summed E-state index contributed by atoms with van der Waals surface area (Å²) in [7, 11) is 0. The van der Waals surface area contributed by atoms with Crippen LogP contribution in [0.4, 0.5) is 5.69 Å². The number of carbonyl (C=O) groups is 1. The highest BCUT2D eigenvalue weighted by Gasteiger charge is 2.14. The average Bonchev–Trinajstić information content (AvgIpc) is 2.89. The van der Waals surface area contributed by atoms with Crippen LogP contribution in [0.15, 0.2) is 24.4 Å². The average molecular weight is 327 g/mol. The highest BCUT2D eigenvalue weighted by atomic mass is 35.5. The molecule has 0 aliphatic rings. The molecule has 2 heterocycles. The third kappa shape index (κ3) is 2.49. The molecule has 0 aliphatic heterocycles. The lowest BCUT2D eigenvalue weighted by atomic mass is 10.3. The van der Waals surface area contributed by atoms with Crippen LogP contribution in [0.5, 0.6) is 0 Å². The van der Waals surface area contributed by atoms with Crippen molar-refractivity contribution in [1.29, 1.82) is 0 Å². The van der Waals surface area contributed by atoms with E-state index >= 15 is 0 Å². The normalized spacial score (nSPS) is 10.9. The minimum Gasteiger partial charge on any atom is -0.319 e.